The van der Waals surface area contributed by atoms with Crippen molar-refractivity contribution in [3.8, 4) is 0 Å². The van der Waals surface area contributed by atoms with Crippen molar-refractivity contribution in [2.24, 2.45) is 11.8 Å². The smallest absolute Gasteiger partial charge is 0.243 e. The Morgan fingerprint density at radius 1 is 0.478 bits per heavy atom. The predicted octanol–water partition coefficient (Wildman–Crippen LogP) is -0.286. The molecule has 0 saturated heterocycles. The monoisotopic (exact) mass is 976 g/mol. The lowest BCUT2D eigenvalue weighted by Gasteiger charge is -2.24. The second kappa shape index (κ2) is 31.5. The maximum Gasteiger partial charge on any atom is 0.243 e. The number of benzene rings is 2. The first-order chi connectivity index (χ1) is 32.7. The molecule has 0 saturated carbocycles. The first kappa shape index (κ1) is 58.6. The first-order valence-electron chi connectivity index (χ1n) is 22.9. The summed E-state index contributed by atoms with van der Waals surface area (Å²) in [5.74, 6) is -6.39. The van der Waals surface area contributed by atoms with E-state index >= 15 is 0 Å². The SMILES string of the molecule is C[B]PC(=O)CNC(=O)C(CC(C)C)NC(=O)C(Cc1ccccc1)NC(=O)CNC(=O)CCC(NC(C)=O)C(=O)NCC(=O)NC(Cc1ccccc1)C(=O)NC(CC(C)C)C(=O)NCC(C)=O. The van der Waals surface area contributed by atoms with Crippen molar-refractivity contribution in [1.29, 1.82) is 0 Å². The highest BCUT2D eigenvalue weighted by atomic mass is 31.1. The Hall–Kier alpha value is -6.50. The Bertz CT molecular complexity index is 2080. The van der Waals surface area contributed by atoms with E-state index in [0.29, 0.717) is 11.1 Å². The molecule has 20 nitrogen and oxygen atoms in total. The van der Waals surface area contributed by atoms with E-state index in [1.54, 1.807) is 74.5 Å². The van der Waals surface area contributed by atoms with Crippen LogP contribution in [0.4, 0.5) is 0 Å². The molecule has 22 heteroatoms. The normalized spacial score (nSPS) is 13.1. The van der Waals surface area contributed by atoms with Crippen LogP contribution in [0.3, 0.4) is 0 Å². The zero-order valence-electron chi connectivity index (χ0n) is 40.5. The van der Waals surface area contributed by atoms with Crippen LogP contribution in [0.15, 0.2) is 60.7 Å². The van der Waals surface area contributed by atoms with Gasteiger partial charge in [0.05, 0.1) is 26.2 Å². The van der Waals surface area contributed by atoms with E-state index in [0.717, 1.165) is 6.92 Å². The van der Waals surface area contributed by atoms with Gasteiger partial charge in [-0.1, -0.05) is 104 Å². The fourth-order valence-corrected chi connectivity index (χ4v) is 7.26. The van der Waals surface area contributed by atoms with Gasteiger partial charge in [-0.2, -0.15) is 0 Å². The summed E-state index contributed by atoms with van der Waals surface area (Å²) in [6.45, 7) is 11.7. The van der Waals surface area contributed by atoms with E-state index in [4.69, 9.17) is 0 Å². The summed E-state index contributed by atoms with van der Waals surface area (Å²) < 4.78 is 0. The molecule has 0 heterocycles. The Labute approximate surface area is 406 Å². The highest BCUT2D eigenvalue weighted by Gasteiger charge is 2.30. The van der Waals surface area contributed by atoms with Crippen LogP contribution in [0.2, 0.25) is 6.82 Å². The molecule has 0 spiro atoms. The van der Waals surface area contributed by atoms with E-state index < -0.39 is 96.5 Å². The largest absolute Gasteiger partial charge is 0.347 e. The molecule has 69 heavy (non-hydrogen) atoms. The lowest BCUT2D eigenvalue weighted by molar-refractivity contribution is -0.133. The third-order valence-electron chi connectivity index (χ3n) is 10.0. The average molecular weight is 977 g/mol. The second-order valence-electron chi connectivity index (χ2n) is 17.3. The van der Waals surface area contributed by atoms with Gasteiger partial charge in [0.2, 0.25) is 53.2 Å². The minimum atomic E-state index is -1.29. The molecule has 2 aromatic rings. The first-order valence-corrected chi connectivity index (χ1v) is 24.0. The van der Waals surface area contributed by atoms with Crippen LogP contribution in [0.25, 0.3) is 0 Å². The van der Waals surface area contributed by atoms with E-state index in [1.165, 1.54) is 6.92 Å². The Balaban J connectivity index is 2.08. The highest BCUT2D eigenvalue weighted by Crippen LogP contribution is 2.11. The summed E-state index contributed by atoms with van der Waals surface area (Å²) >= 11 is 0. The average Bonchev–Trinajstić information content (AvgIpc) is 3.29. The highest BCUT2D eigenvalue weighted by molar-refractivity contribution is 7.84. The van der Waals surface area contributed by atoms with Crippen LogP contribution in [-0.4, -0.2) is 128 Å². The zero-order valence-corrected chi connectivity index (χ0v) is 41.5. The molecule has 0 aliphatic heterocycles. The fraction of sp³-hybridized carbons (Fsp3) is 0.511. The fourth-order valence-electron chi connectivity index (χ4n) is 6.74. The Kier molecular flexibility index (Phi) is 26.8. The van der Waals surface area contributed by atoms with Gasteiger partial charge in [0.25, 0.3) is 0 Å². The number of rotatable bonds is 31. The van der Waals surface area contributed by atoms with Gasteiger partial charge in [0, 0.05) is 26.2 Å². The summed E-state index contributed by atoms with van der Waals surface area (Å²) in [5, 5.41) is 23.0. The number of hydrogen-bond donors (Lipinski definition) is 9. The summed E-state index contributed by atoms with van der Waals surface area (Å²) in [4.78, 5) is 142. The molecule has 0 aliphatic rings. The van der Waals surface area contributed by atoms with Gasteiger partial charge in [-0.25, -0.2) is 0 Å². The molecule has 0 aromatic heterocycles. The topological polar surface area (TPSA) is 296 Å². The maximum atomic E-state index is 13.7. The second-order valence-corrected chi connectivity index (χ2v) is 18.7. The predicted molar refractivity (Wildman–Crippen MR) is 261 cm³/mol. The summed E-state index contributed by atoms with van der Waals surface area (Å²) in [7, 11) is -0.0804. The number of ketones is 1. The van der Waals surface area contributed by atoms with Crippen LogP contribution in [0.5, 0.6) is 0 Å². The van der Waals surface area contributed by atoms with Crippen LogP contribution in [0.1, 0.15) is 78.4 Å². The van der Waals surface area contributed by atoms with Crippen molar-refractivity contribution in [1.82, 2.24) is 47.9 Å². The van der Waals surface area contributed by atoms with Crippen LogP contribution < -0.4 is 47.9 Å². The molecule has 2 rings (SSSR count). The number of Topliss-reactive ketones (excluding diaryl/α,β-unsaturated/α-hetero) is 1. The van der Waals surface area contributed by atoms with E-state index in [1.807, 2.05) is 27.7 Å². The molecule has 6 unspecified atom stereocenters. The minimum absolute atomic E-state index is 0.0176. The number of hydrogen-bond acceptors (Lipinski definition) is 11. The van der Waals surface area contributed by atoms with Crippen LogP contribution >= 0.6 is 8.46 Å². The summed E-state index contributed by atoms with van der Waals surface area (Å²) in [5.41, 5.74) is 1.21. The van der Waals surface area contributed by atoms with Gasteiger partial charge in [0.15, 0.2) is 5.52 Å². The van der Waals surface area contributed by atoms with Crippen molar-refractivity contribution in [2.45, 2.75) is 117 Å². The molecule has 375 valence electrons. The Morgan fingerprint density at radius 3 is 1.32 bits per heavy atom. The molecule has 1 radical (unpaired) electrons. The van der Waals surface area contributed by atoms with E-state index in [2.05, 4.69) is 47.9 Å². The van der Waals surface area contributed by atoms with Crippen molar-refractivity contribution in [3.63, 3.8) is 0 Å². The number of carbonyl (C=O) groups is 11. The molecular formula is C47H68BN9O11P. The molecule has 9 N–H and O–H groups in total. The van der Waals surface area contributed by atoms with Gasteiger partial charge in [-0.3, -0.25) is 52.7 Å². The van der Waals surface area contributed by atoms with Crippen molar-refractivity contribution in [2.75, 3.05) is 26.2 Å². The van der Waals surface area contributed by atoms with Gasteiger partial charge < -0.3 is 47.9 Å². The number of carbonyl (C=O) groups excluding carboxylic acids is 11. The van der Waals surface area contributed by atoms with Crippen molar-refractivity contribution in [3.05, 3.63) is 71.8 Å². The lowest BCUT2D eigenvalue weighted by atomic mass is 10.0. The minimum Gasteiger partial charge on any atom is -0.347 e. The van der Waals surface area contributed by atoms with Crippen LogP contribution in [-0.2, 0) is 65.6 Å². The number of nitrogens with one attached hydrogen (secondary N) is 9. The van der Waals surface area contributed by atoms with Gasteiger partial charge >= 0.3 is 0 Å². The standard InChI is InChI=1S/C47H68BN9O11P/c1-28(2)20-35(44(65)50-24-30(5)58)56-47(68)38(23-33-16-12-9-13-17-33)55-41(62)26-51-43(64)34(53-31(6)59)18-19-39(60)49-25-40(61)54-37(22-32-14-10-8-11-15-32)46(67)57-36(21-29(3)4)45(66)52-27-42(63)69-48-7/h8-17,28-29,34-38,69H,18-27H2,1-7H3,(H,49,60)(H,50,65)(H,51,64)(H,52,66)(H,53,59)(H,54,61)(H,55,62)(H,56,68)(H,57,67). The molecule has 0 bridgehead atoms. The van der Waals surface area contributed by atoms with E-state index in [-0.39, 0.29) is 83.2 Å². The zero-order chi connectivity index (χ0) is 51.5. The third kappa shape index (κ3) is 24.9. The quantitative estimate of drug-likeness (QED) is 0.0350. The summed E-state index contributed by atoms with van der Waals surface area (Å²) in [6, 6.07) is 11.9. The maximum absolute atomic E-state index is 13.7. The van der Waals surface area contributed by atoms with Gasteiger partial charge in [0.1, 0.15) is 43.0 Å². The summed E-state index contributed by atoms with van der Waals surface area (Å²) in [6.07, 6.45) is -0.0353. The molecule has 0 fully saturated rings. The van der Waals surface area contributed by atoms with Gasteiger partial charge in [-0.05, 0) is 49.1 Å². The third-order valence-corrected chi connectivity index (χ3v) is 10.8. The van der Waals surface area contributed by atoms with Crippen molar-refractivity contribution < 1.29 is 52.7 Å². The molecule has 0 aliphatic carbocycles. The van der Waals surface area contributed by atoms with Gasteiger partial charge in [-0.15, -0.1) is 0 Å². The Morgan fingerprint density at radius 2 is 0.899 bits per heavy atom. The number of amides is 9. The lowest BCUT2D eigenvalue weighted by Crippen LogP contribution is -2.56. The molecule has 6 atom stereocenters. The van der Waals surface area contributed by atoms with E-state index in [9.17, 15) is 52.7 Å². The molecule has 2 aromatic carbocycles. The van der Waals surface area contributed by atoms with Crippen molar-refractivity contribution >= 4 is 79.9 Å². The van der Waals surface area contributed by atoms with Crippen LogP contribution in [0, 0.1) is 11.8 Å². The molecule has 9 amide bonds. The molecular weight excluding hydrogens is 908 g/mol.